The third kappa shape index (κ3) is 5.63. The van der Waals surface area contributed by atoms with Crippen molar-refractivity contribution in [3.05, 3.63) is 101 Å². The number of nitrogens with zero attached hydrogens (tertiary/aromatic N) is 2. The van der Waals surface area contributed by atoms with Gasteiger partial charge < -0.3 is 15.0 Å². The molecule has 196 valence electrons. The molecular formula is C31H33N3O4. The number of carbonyl (C=O) groups is 3. The predicted molar refractivity (Wildman–Crippen MR) is 146 cm³/mol. The summed E-state index contributed by atoms with van der Waals surface area (Å²) in [4.78, 5) is 42.8. The number of piperazine rings is 1. The summed E-state index contributed by atoms with van der Waals surface area (Å²) in [7, 11) is 0. The minimum absolute atomic E-state index is 0.0326. The van der Waals surface area contributed by atoms with E-state index in [0.29, 0.717) is 24.3 Å². The van der Waals surface area contributed by atoms with Crippen LogP contribution in [0.5, 0.6) is 0 Å². The van der Waals surface area contributed by atoms with Gasteiger partial charge in [-0.25, -0.2) is 4.79 Å². The Balaban J connectivity index is 1.31. The first-order chi connectivity index (χ1) is 18.4. The number of ether oxygens (including phenoxy) is 1. The van der Waals surface area contributed by atoms with Gasteiger partial charge in [-0.3, -0.25) is 14.5 Å². The average Bonchev–Trinajstić information content (AvgIpc) is 3.78. The van der Waals surface area contributed by atoms with Crippen LogP contribution in [-0.2, 0) is 27.5 Å². The standard InChI is InChI=1S/C31H33N3O4/c1-21-7-6-10-25(22(21)2)19-33(26-15-16-26)30(36)28-17-32-18-29(35)34(28)27-13-11-23(12-14-27)20-38-31(37)24-8-4-3-5-9-24/h3-14,26,28,32H,15-20H2,1-2H3/t28-/m1/s1. The molecule has 2 aliphatic rings. The predicted octanol–water partition coefficient (Wildman–Crippen LogP) is 4.16. The van der Waals surface area contributed by atoms with Gasteiger partial charge in [-0.1, -0.05) is 48.5 Å². The molecule has 1 heterocycles. The van der Waals surface area contributed by atoms with Crippen LogP contribution >= 0.6 is 0 Å². The number of nitrogens with one attached hydrogen (secondary N) is 1. The van der Waals surface area contributed by atoms with Gasteiger partial charge in [0.1, 0.15) is 12.6 Å². The summed E-state index contributed by atoms with van der Waals surface area (Å²) in [5.74, 6) is -0.559. The largest absolute Gasteiger partial charge is 0.457 e. The zero-order valence-corrected chi connectivity index (χ0v) is 21.9. The van der Waals surface area contributed by atoms with Gasteiger partial charge in [0, 0.05) is 24.8 Å². The van der Waals surface area contributed by atoms with Crippen LogP contribution in [0.3, 0.4) is 0 Å². The molecule has 1 atom stereocenters. The van der Waals surface area contributed by atoms with E-state index in [4.69, 9.17) is 4.74 Å². The van der Waals surface area contributed by atoms with Crippen molar-refractivity contribution >= 4 is 23.5 Å². The molecule has 1 N–H and O–H groups in total. The van der Waals surface area contributed by atoms with E-state index in [9.17, 15) is 14.4 Å². The third-order valence-electron chi connectivity index (χ3n) is 7.40. The third-order valence-corrected chi connectivity index (χ3v) is 7.40. The topological polar surface area (TPSA) is 79.0 Å². The average molecular weight is 512 g/mol. The molecule has 1 saturated heterocycles. The van der Waals surface area contributed by atoms with Crippen LogP contribution in [0.15, 0.2) is 72.8 Å². The van der Waals surface area contributed by atoms with Gasteiger partial charge >= 0.3 is 5.97 Å². The van der Waals surface area contributed by atoms with Crippen molar-refractivity contribution in [1.82, 2.24) is 10.2 Å². The summed E-state index contributed by atoms with van der Waals surface area (Å²) in [6, 6.07) is 21.9. The fraction of sp³-hybridized carbons (Fsp3) is 0.323. The van der Waals surface area contributed by atoms with Crippen LogP contribution in [0.25, 0.3) is 0 Å². The van der Waals surface area contributed by atoms with Crippen LogP contribution in [-0.4, -0.2) is 47.9 Å². The molecule has 0 unspecified atom stereocenters. The van der Waals surface area contributed by atoms with Crippen LogP contribution < -0.4 is 10.2 Å². The second-order valence-corrected chi connectivity index (χ2v) is 10.1. The number of esters is 1. The van der Waals surface area contributed by atoms with Gasteiger partial charge in [0.15, 0.2) is 0 Å². The van der Waals surface area contributed by atoms with Crippen molar-refractivity contribution in [2.75, 3.05) is 18.0 Å². The van der Waals surface area contributed by atoms with Gasteiger partial charge in [-0.05, 0) is 73.2 Å². The first-order valence-electron chi connectivity index (χ1n) is 13.1. The molecule has 2 amide bonds. The maximum absolute atomic E-state index is 13.9. The fourth-order valence-corrected chi connectivity index (χ4v) is 4.88. The molecule has 1 aliphatic heterocycles. The molecule has 1 aliphatic carbocycles. The first kappa shape index (κ1) is 25.7. The van der Waals surface area contributed by atoms with Gasteiger partial charge in [-0.15, -0.1) is 0 Å². The summed E-state index contributed by atoms with van der Waals surface area (Å²) < 4.78 is 5.43. The molecule has 3 aromatic carbocycles. The zero-order chi connectivity index (χ0) is 26.6. The molecule has 2 fully saturated rings. The number of amides is 2. The molecule has 5 rings (SSSR count). The smallest absolute Gasteiger partial charge is 0.338 e. The van der Waals surface area contributed by atoms with Crippen molar-refractivity contribution in [2.45, 2.75) is 51.9 Å². The van der Waals surface area contributed by atoms with E-state index in [-0.39, 0.29) is 37.0 Å². The summed E-state index contributed by atoms with van der Waals surface area (Å²) in [5.41, 5.74) is 5.51. The maximum Gasteiger partial charge on any atom is 0.338 e. The number of anilines is 1. The van der Waals surface area contributed by atoms with Gasteiger partial charge in [-0.2, -0.15) is 0 Å². The summed E-state index contributed by atoms with van der Waals surface area (Å²) in [5, 5.41) is 3.13. The van der Waals surface area contributed by atoms with Crippen molar-refractivity contribution in [1.29, 1.82) is 0 Å². The molecular weight excluding hydrogens is 478 g/mol. The Morgan fingerprint density at radius 3 is 2.42 bits per heavy atom. The fourth-order valence-electron chi connectivity index (χ4n) is 4.88. The number of rotatable bonds is 8. The number of benzene rings is 3. The van der Waals surface area contributed by atoms with Crippen LogP contribution in [0.2, 0.25) is 0 Å². The second-order valence-electron chi connectivity index (χ2n) is 10.1. The van der Waals surface area contributed by atoms with Crippen LogP contribution in [0.1, 0.15) is 45.5 Å². The number of carbonyl (C=O) groups excluding carboxylic acids is 3. The Morgan fingerprint density at radius 1 is 0.974 bits per heavy atom. The lowest BCUT2D eigenvalue weighted by molar-refractivity contribution is -0.136. The van der Waals surface area contributed by atoms with E-state index in [1.165, 1.54) is 11.1 Å². The molecule has 3 aromatic rings. The Hall–Kier alpha value is -3.97. The molecule has 0 radical (unpaired) electrons. The highest BCUT2D eigenvalue weighted by atomic mass is 16.5. The lowest BCUT2D eigenvalue weighted by Gasteiger charge is -2.38. The summed E-state index contributed by atoms with van der Waals surface area (Å²) in [6.45, 7) is 5.42. The van der Waals surface area contributed by atoms with E-state index in [2.05, 4.69) is 31.3 Å². The number of aryl methyl sites for hydroxylation is 1. The van der Waals surface area contributed by atoms with Crippen molar-refractivity contribution in [3.63, 3.8) is 0 Å². The maximum atomic E-state index is 13.9. The molecule has 0 bridgehead atoms. The van der Waals surface area contributed by atoms with E-state index in [0.717, 1.165) is 24.0 Å². The SMILES string of the molecule is Cc1cccc(CN(C(=O)[C@H]2CNCC(=O)N2c2ccc(COC(=O)c3ccccc3)cc2)C2CC2)c1C. The van der Waals surface area contributed by atoms with Crippen molar-refractivity contribution in [3.8, 4) is 0 Å². The molecule has 7 nitrogen and oxygen atoms in total. The minimum atomic E-state index is -0.622. The summed E-state index contributed by atoms with van der Waals surface area (Å²) in [6.07, 6.45) is 1.97. The monoisotopic (exact) mass is 511 g/mol. The van der Waals surface area contributed by atoms with Crippen molar-refractivity contribution in [2.24, 2.45) is 0 Å². The molecule has 7 heteroatoms. The zero-order valence-electron chi connectivity index (χ0n) is 21.9. The highest BCUT2D eigenvalue weighted by Gasteiger charge is 2.41. The molecule has 0 spiro atoms. The number of hydrogen-bond acceptors (Lipinski definition) is 5. The molecule has 1 saturated carbocycles. The highest BCUT2D eigenvalue weighted by Crippen LogP contribution is 2.31. The quantitative estimate of drug-likeness (QED) is 0.460. The highest BCUT2D eigenvalue weighted by molar-refractivity contribution is 6.03. The van der Waals surface area contributed by atoms with Crippen LogP contribution in [0.4, 0.5) is 5.69 Å². The lowest BCUT2D eigenvalue weighted by atomic mass is 10.0. The van der Waals surface area contributed by atoms with E-state index < -0.39 is 6.04 Å². The Morgan fingerprint density at radius 2 is 1.71 bits per heavy atom. The Kier molecular flexibility index (Phi) is 7.56. The molecule has 0 aromatic heterocycles. The lowest BCUT2D eigenvalue weighted by Crippen LogP contribution is -2.61. The Bertz CT molecular complexity index is 1320. The van der Waals surface area contributed by atoms with Gasteiger partial charge in [0.2, 0.25) is 11.8 Å². The van der Waals surface area contributed by atoms with E-state index in [1.54, 1.807) is 29.2 Å². The van der Waals surface area contributed by atoms with Gasteiger partial charge in [0.25, 0.3) is 0 Å². The van der Waals surface area contributed by atoms with Crippen LogP contribution in [0, 0.1) is 13.8 Å². The van der Waals surface area contributed by atoms with Gasteiger partial charge in [0.05, 0.1) is 12.1 Å². The normalized spacial score (nSPS) is 17.3. The Labute approximate surface area is 223 Å². The first-order valence-corrected chi connectivity index (χ1v) is 13.1. The van der Waals surface area contributed by atoms with Crippen molar-refractivity contribution < 1.29 is 19.1 Å². The van der Waals surface area contributed by atoms with E-state index in [1.807, 2.05) is 41.3 Å². The number of hydrogen-bond donors (Lipinski definition) is 1. The second kappa shape index (κ2) is 11.2. The molecule has 38 heavy (non-hydrogen) atoms. The minimum Gasteiger partial charge on any atom is -0.457 e. The summed E-state index contributed by atoms with van der Waals surface area (Å²) >= 11 is 0. The van der Waals surface area contributed by atoms with E-state index >= 15 is 0 Å².